The molecule has 2 aromatic rings. The first-order valence-electron chi connectivity index (χ1n) is 10.5. The van der Waals surface area contributed by atoms with Crippen LogP contribution in [-0.4, -0.2) is 61.2 Å². The summed E-state index contributed by atoms with van der Waals surface area (Å²) in [5.41, 5.74) is 3.40. The van der Waals surface area contributed by atoms with E-state index in [1.165, 1.54) is 23.0 Å². The molecule has 0 spiro atoms. The van der Waals surface area contributed by atoms with Crippen LogP contribution in [0.4, 0.5) is 11.4 Å². The Kier molecular flexibility index (Phi) is 6.59. The molecule has 0 bridgehead atoms. The van der Waals surface area contributed by atoms with E-state index in [-0.39, 0.29) is 23.5 Å². The topological polar surface area (TPSA) is 64.7 Å². The number of nitrogens with one attached hydrogen (secondary N) is 2. The highest BCUT2D eigenvalue weighted by atomic mass is 32.2. The van der Waals surface area contributed by atoms with Gasteiger partial charge in [0, 0.05) is 56.3 Å². The molecule has 158 valence electrons. The normalized spacial score (nSPS) is 19.2. The lowest BCUT2D eigenvalue weighted by Crippen LogP contribution is -2.48. The Morgan fingerprint density at radius 3 is 2.73 bits per heavy atom. The highest BCUT2D eigenvalue weighted by Gasteiger charge is 2.28. The molecule has 0 aromatic heterocycles. The Hall–Kier alpha value is -2.51. The van der Waals surface area contributed by atoms with Crippen molar-refractivity contribution in [3.05, 3.63) is 54.1 Å². The number of carbonyl (C=O) groups is 2. The zero-order valence-electron chi connectivity index (χ0n) is 17.3. The molecule has 7 heteroatoms. The molecule has 1 saturated heterocycles. The summed E-state index contributed by atoms with van der Waals surface area (Å²) in [6, 6.07) is 16.3. The van der Waals surface area contributed by atoms with Gasteiger partial charge < -0.3 is 15.5 Å². The molecule has 6 nitrogen and oxygen atoms in total. The fourth-order valence-corrected chi connectivity index (χ4v) is 4.99. The fraction of sp³-hybridized carbons (Fsp3) is 0.391. The SMILES string of the molecule is Cc1cccc(N2CCN(CCNC(=O)C[C@@H]3Sc4ccccc4NC3=O)CC2)c1. The van der Waals surface area contributed by atoms with E-state index < -0.39 is 0 Å². The zero-order chi connectivity index (χ0) is 20.9. The summed E-state index contributed by atoms with van der Waals surface area (Å²) in [5, 5.41) is 5.50. The van der Waals surface area contributed by atoms with Crippen molar-refractivity contribution < 1.29 is 9.59 Å². The number of aryl methyl sites for hydroxylation is 1. The number of rotatable bonds is 6. The van der Waals surface area contributed by atoms with Crippen molar-refractivity contribution in [3.8, 4) is 0 Å². The van der Waals surface area contributed by atoms with Crippen LogP contribution in [0.15, 0.2) is 53.4 Å². The van der Waals surface area contributed by atoms with Gasteiger partial charge >= 0.3 is 0 Å². The van der Waals surface area contributed by atoms with Gasteiger partial charge in [0.25, 0.3) is 0 Å². The third kappa shape index (κ3) is 5.15. The number of carbonyl (C=O) groups excluding carboxylic acids is 2. The van der Waals surface area contributed by atoms with E-state index in [0.29, 0.717) is 6.54 Å². The van der Waals surface area contributed by atoms with Crippen LogP contribution >= 0.6 is 11.8 Å². The maximum absolute atomic E-state index is 12.3. The van der Waals surface area contributed by atoms with Crippen molar-refractivity contribution in [2.24, 2.45) is 0 Å². The van der Waals surface area contributed by atoms with Crippen LogP contribution in [-0.2, 0) is 9.59 Å². The van der Waals surface area contributed by atoms with Crippen molar-refractivity contribution in [3.63, 3.8) is 0 Å². The lowest BCUT2D eigenvalue weighted by molar-refractivity contribution is -0.124. The molecule has 2 aliphatic rings. The van der Waals surface area contributed by atoms with Gasteiger partial charge in [-0.3, -0.25) is 14.5 Å². The molecule has 0 saturated carbocycles. The van der Waals surface area contributed by atoms with Gasteiger partial charge in [-0.2, -0.15) is 0 Å². The molecule has 2 aliphatic heterocycles. The summed E-state index contributed by atoms with van der Waals surface area (Å²) in [6.07, 6.45) is 0.200. The molecule has 30 heavy (non-hydrogen) atoms. The predicted molar refractivity (Wildman–Crippen MR) is 122 cm³/mol. The summed E-state index contributed by atoms with van der Waals surface area (Å²) in [6.45, 7) is 7.53. The maximum Gasteiger partial charge on any atom is 0.238 e. The van der Waals surface area contributed by atoms with Gasteiger partial charge in [0.1, 0.15) is 0 Å². The molecule has 4 rings (SSSR count). The summed E-state index contributed by atoms with van der Waals surface area (Å²) < 4.78 is 0. The first kappa shape index (κ1) is 20.8. The number of piperazine rings is 1. The first-order chi connectivity index (χ1) is 14.6. The molecule has 0 unspecified atom stereocenters. The molecule has 0 aliphatic carbocycles. The molecule has 2 amide bonds. The van der Waals surface area contributed by atoms with Crippen LogP contribution in [0.25, 0.3) is 0 Å². The van der Waals surface area contributed by atoms with E-state index in [1.807, 2.05) is 24.3 Å². The number of nitrogens with zero attached hydrogens (tertiary/aromatic N) is 2. The Morgan fingerprint density at radius 2 is 1.93 bits per heavy atom. The molecule has 1 fully saturated rings. The largest absolute Gasteiger partial charge is 0.369 e. The minimum Gasteiger partial charge on any atom is -0.369 e. The maximum atomic E-state index is 12.3. The van der Waals surface area contributed by atoms with Gasteiger partial charge in [-0.1, -0.05) is 24.3 Å². The predicted octanol–water partition coefficient (Wildman–Crippen LogP) is 2.74. The van der Waals surface area contributed by atoms with Crippen molar-refractivity contribution in [1.29, 1.82) is 0 Å². The van der Waals surface area contributed by atoms with E-state index in [0.717, 1.165) is 43.3 Å². The summed E-state index contributed by atoms with van der Waals surface area (Å²) >= 11 is 1.47. The van der Waals surface area contributed by atoms with Crippen LogP contribution in [0.3, 0.4) is 0 Å². The number of thioether (sulfide) groups is 1. The smallest absolute Gasteiger partial charge is 0.238 e. The molecule has 2 heterocycles. The van der Waals surface area contributed by atoms with E-state index >= 15 is 0 Å². The van der Waals surface area contributed by atoms with Gasteiger partial charge in [0.05, 0.1) is 10.9 Å². The third-order valence-corrected chi connectivity index (χ3v) is 6.84. The lowest BCUT2D eigenvalue weighted by Gasteiger charge is -2.36. The summed E-state index contributed by atoms with van der Waals surface area (Å²) in [5.74, 6) is -0.165. The quantitative estimate of drug-likeness (QED) is 0.747. The molecule has 2 aromatic carbocycles. The van der Waals surface area contributed by atoms with Crippen LogP contribution in [0, 0.1) is 6.92 Å². The van der Waals surface area contributed by atoms with Gasteiger partial charge in [-0.25, -0.2) is 0 Å². The Balaban J connectivity index is 1.17. The highest BCUT2D eigenvalue weighted by Crippen LogP contribution is 2.36. The van der Waals surface area contributed by atoms with Gasteiger partial charge in [-0.05, 0) is 36.8 Å². The van der Waals surface area contributed by atoms with E-state index in [2.05, 4.69) is 51.6 Å². The van der Waals surface area contributed by atoms with Gasteiger partial charge in [-0.15, -0.1) is 11.8 Å². The minimum absolute atomic E-state index is 0.0690. The second-order valence-electron chi connectivity index (χ2n) is 7.81. The summed E-state index contributed by atoms with van der Waals surface area (Å²) in [7, 11) is 0. The Bertz CT molecular complexity index is 912. The minimum atomic E-state index is -0.377. The second-order valence-corrected chi connectivity index (χ2v) is 9.06. The third-order valence-electron chi connectivity index (χ3n) is 5.57. The van der Waals surface area contributed by atoms with E-state index in [4.69, 9.17) is 0 Å². The van der Waals surface area contributed by atoms with Crippen molar-refractivity contribution >= 4 is 35.0 Å². The average molecular weight is 425 g/mol. The van der Waals surface area contributed by atoms with Crippen LogP contribution < -0.4 is 15.5 Å². The first-order valence-corrected chi connectivity index (χ1v) is 11.3. The number of fused-ring (bicyclic) bond motifs is 1. The number of para-hydroxylation sites is 1. The van der Waals surface area contributed by atoms with Gasteiger partial charge in [0.2, 0.25) is 11.8 Å². The average Bonchev–Trinajstić information content (AvgIpc) is 2.75. The molecule has 1 atom stereocenters. The number of amides is 2. The number of hydrogen-bond acceptors (Lipinski definition) is 5. The van der Waals surface area contributed by atoms with Crippen LogP contribution in [0.2, 0.25) is 0 Å². The van der Waals surface area contributed by atoms with Crippen LogP contribution in [0.1, 0.15) is 12.0 Å². The molecular formula is C23H28N4O2S. The molecular weight excluding hydrogens is 396 g/mol. The number of benzene rings is 2. The van der Waals surface area contributed by atoms with Crippen molar-refractivity contribution in [2.75, 3.05) is 49.5 Å². The van der Waals surface area contributed by atoms with Crippen LogP contribution in [0.5, 0.6) is 0 Å². The monoisotopic (exact) mass is 424 g/mol. The van der Waals surface area contributed by atoms with E-state index in [1.54, 1.807) is 0 Å². The molecule has 0 radical (unpaired) electrons. The number of anilines is 2. The highest BCUT2D eigenvalue weighted by molar-refractivity contribution is 8.01. The van der Waals surface area contributed by atoms with Gasteiger partial charge in [0.15, 0.2) is 0 Å². The Morgan fingerprint density at radius 1 is 1.13 bits per heavy atom. The lowest BCUT2D eigenvalue weighted by atomic mass is 10.2. The van der Waals surface area contributed by atoms with Crippen molar-refractivity contribution in [2.45, 2.75) is 23.5 Å². The second kappa shape index (κ2) is 9.53. The fourth-order valence-electron chi connectivity index (χ4n) is 3.88. The Labute approximate surface area is 182 Å². The zero-order valence-corrected chi connectivity index (χ0v) is 18.1. The van der Waals surface area contributed by atoms with E-state index in [9.17, 15) is 9.59 Å². The van der Waals surface area contributed by atoms with Crippen molar-refractivity contribution in [1.82, 2.24) is 10.2 Å². The standard InChI is InChI=1S/C23H28N4O2S/c1-17-5-4-6-18(15-17)27-13-11-26(12-14-27)10-9-24-22(28)16-21-23(29)25-19-7-2-3-8-20(19)30-21/h2-8,15,21H,9-14,16H2,1H3,(H,24,28)(H,25,29)/t21-/m0/s1. The number of hydrogen-bond donors (Lipinski definition) is 2. The molecule has 2 N–H and O–H groups in total. The summed E-state index contributed by atoms with van der Waals surface area (Å²) in [4.78, 5) is 30.4.